The van der Waals surface area contributed by atoms with Crippen LogP contribution >= 0.6 is 23.4 Å². The van der Waals surface area contributed by atoms with Crippen LogP contribution in [0.25, 0.3) is 11.4 Å². The molecule has 0 radical (unpaired) electrons. The Morgan fingerprint density at radius 2 is 1.93 bits per heavy atom. The summed E-state index contributed by atoms with van der Waals surface area (Å²) >= 11 is 6.64. The first-order valence-corrected chi connectivity index (χ1v) is 9.37. The molecule has 146 valence electrons. The highest BCUT2D eigenvalue weighted by molar-refractivity contribution is 7.99. The molecule has 1 heterocycles. The Balaban J connectivity index is 1.63. The van der Waals surface area contributed by atoms with Crippen molar-refractivity contribution in [2.45, 2.75) is 18.3 Å². The summed E-state index contributed by atoms with van der Waals surface area (Å²) in [6.07, 6.45) is -4.63. The van der Waals surface area contributed by atoms with Gasteiger partial charge in [-0.15, -0.1) is 5.10 Å². The summed E-state index contributed by atoms with van der Waals surface area (Å²) in [6.45, 7) is 1.97. The molecule has 0 saturated heterocycles. The number of aromatic amines is 1. The zero-order valence-electron chi connectivity index (χ0n) is 14.5. The second-order valence-corrected chi connectivity index (χ2v) is 7.24. The Kier molecular flexibility index (Phi) is 5.95. The molecule has 0 fully saturated rings. The average Bonchev–Trinajstić information content (AvgIpc) is 3.10. The second-order valence-electron chi connectivity index (χ2n) is 5.86. The van der Waals surface area contributed by atoms with Gasteiger partial charge < -0.3 is 5.32 Å². The molecule has 1 amide bonds. The highest BCUT2D eigenvalue weighted by Crippen LogP contribution is 2.36. The highest BCUT2D eigenvalue weighted by atomic mass is 35.5. The van der Waals surface area contributed by atoms with E-state index in [1.807, 2.05) is 31.2 Å². The maximum absolute atomic E-state index is 13.1. The van der Waals surface area contributed by atoms with Crippen LogP contribution in [0.1, 0.15) is 11.1 Å². The van der Waals surface area contributed by atoms with Crippen LogP contribution in [-0.2, 0) is 11.0 Å². The molecular weight excluding hydrogens is 413 g/mol. The van der Waals surface area contributed by atoms with Gasteiger partial charge >= 0.3 is 6.18 Å². The molecule has 0 saturated carbocycles. The Morgan fingerprint density at radius 3 is 2.61 bits per heavy atom. The van der Waals surface area contributed by atoms with E-state index >= 15 is 0 Å². The first kappa shape index (κ1) is 20.2. The van der Waals surface area contributed by atoms with E-state index in [-0.39, 0.29) is 16.5 Å². The molecule has 5 nitrogen and oxygen atoms in total. The molecule has 10 heteroatoms. The van der Waals surface area contributed by atoms with E-state index in [4.69, 9.17) is 11.6 Å². The molecule has 3 rings (SSSR count). The fourth-order valence-corrected chi connectivity index (χ4v) is 3.10. The summed E-state index contributed by atoms with van der Waals surface area (Å²) < 4.78 is 39.2. The number of aryl methyl sites for hydroxylation is 1. The van der Waals surface area contributed by atoms with Crippen LogP contribution in [0, 0.1) is 6.92 Å². The lowest BCUT2D eigenvalue weighted by Gasteiger charge is -2.13. The molecule has 0 unspecified atom stereocenters. The number of hydrogen-bond donors (Lipinski definition) is 2. The van der Waals surface area contributed by atoms with Gasteiger partial charge in [0.25, 0.3) is 0 Å². The van der Waals surface area contributed by atoms with E-state index in [1.165, 1.54) is 6.07 Å². The number of nitrogens with zero attached hydrogens (tertiary/aromatic N) is 2. The van der Waals surface area contributed by atoms with Crippen molar-refractivity contribution < 1.29 is 18.0 Å². The van der Waals surface area contributed by atoms with Crippen LogP contribution in [0.2, 0.25) is 5.02 Å². The summed E-state index contributed by atoms with van der Waals surface area (Å²) in [7, 11) is 0. The zero-order chi connectivity index (χ0) is 20.3. The lowest BCUT2D eigenvalue weighted by molar-refractivity contribution is -0.137. The molecule has 3 aromatic rings. The van der Waals surface area contributed by atoms with Crippen molar-refractivity contribution in [3.8, 4) is 11.4 Å². The molecule has 0 aliphatic carbocycles. The SMILES string of the molecule is Cc1ccc(-c2nc(SCC(=O)Nc3ccc(Cl)cc3C(F)(F)F)n[nH]2)cc1. The Labute approximate surface area is 167 Å². The van der Waals surface area contributed by atoms with Crippen LogP contribution < -0.4 is 5.32 Å². The molecule has 0 spiro atoms. The van der Waals surface area contributed by atoms with Crippen LogP contribution in [0.4, 0.5) is 18.9 Å². The largest absolute Gasteiger partial charge is 0.418 e. The monoisotopic (exact) mass is 426 g/mol. The van der Waals surface area contributed by atoms with Gasteiger partial charge in [0.2, 0.25) is 11.1 Å². The third kappa shape index (κ3) is 5.05. The first-order chi connectivity index (χ1) is 13.2. The number of nitrogens with one attached hydrogen (secondary N) is 2. The van der Waals surface area contributed by atoms with Crippen molar-refractivity contribution >= 4 is 35.0 Å². The molecule has 0 bridgehead atoms. The minimum Gasteiger partial charge on any atom is -0.325 e. The van der Waals surface area contributed by atoms with E-state index in [0.29, 0.717) is 11.0 Å². The molecule has 0 atom stereocenters. The van der Waals surface area contributed by atoms with Gasteiger partial charge in [0.05, 0.1) is 17.0 Å². The Bertz CT molecular complexity index is 989. The summed E-state index contributed by atoms with van der Waals surface area (Å²) in [4.78, 5) is 16.3. The van der Waals surface area contributed by atoms with Crippen molar-refractivity contribution in [1.82, 2.24) is 15.2 Å². The third-order valence-corrected chi connectivity index (χ3v) is 4.77. The Hall–Kier alpha value is -2.52. The summed E-state index contributed by atoms with van der Waals surface area (Å²) in [6, 6.07) is 10.8. The minimum absolute atomic E-state index is 0.0657. The summed E-state index contributed by atoms with van der Waals surface area (Å²) in [5.41, 5.74) is 0.594. The molecule has 2 N–H and O–H groups in total. The van der Waals surface area contributed by atoms with Crippen LogP contribution in [0.5, 0.6) is 0 Å². The van der Waals surface area contributed by atoms with Crippen molar-refractivity contribution in [3.63, 3.8) is 0 Å². The van der Waals surface area contributed by atoms with Gasteiger partial charge in [0.1, 0.15) is 0 Å². The third-order valence-electron chi connectivity index (χ3n) is 3.68. The number of benzene rings is 2. The smallest absolute Gasteiger partial charge is 0.325 e. The number of anilines is 1. The Morgan fingerprint density at radius 1 is 1.21 bits per heavy atom. The van der Waals surface area contributed by atoms with Crippen molar-refractivity contribution in [1.29, 1.82) is 0 Å². The van der Waals surface area contributed by atoms with E-state index in [2.05, 4.69) is 20.5 Å². The summed E-state index contributed by atoms with van der Waals surface area (Å²) in [5.74, 6) is -0.218. The number of aromatic nitrogens is 3. The maximum atomic E-state index is 13.1. The highest BCUT2D eigenvalue weighted by Gasteiger charge is 2.34. The quantitative estimate of drug-likeness (QED) is 0.551. The topological polar surface area (TPSA) is 70.7 Å². The van der Waals surface area contributed by atoms with Gasteiger partial charge in [-0.3, -0.25) is 9.89 Å². The van der Waals surface area contributed by atoms with Crippen molar-refractivity contribution in [3.05, 3.63) is 58.6 Å². The second kappa shape index (κ2) is 8.24. The number of H-pyrrole nitrogens is 1. The molecular formula is C18H14ClF3N4OS. The number of carbonyl (C=O) groups excluding carboxylic acids is 1. The van der Waals surface area contributed by atoms with Gasteiger partial charge in [0.15, 0.2) is 5.82 Å². The van der Waals surface area contributed by atoms with Crippen LogP contribution in [0.3, 0.4) is 0 Å². The number of alkyl halides is 3. The predicted molar refractivity (Wildman–Crippen MR) is 102 cm³/mol. The lowest BCUT2D eigenvalue weighted by atomic mass is 10.1. The fraction of sp³-hybridized carbons (Fsp3) is 0.167. The molecule has 28 heavy (non-hydrogen) atoms. The number of carbonyl (C=O) groups is 1. The summed E-state index contributed by atoms with van der Waals surface area (Å²) in [5, 5.41) is 9.29. The van der Waals surface area contributed by atoms with Gasteiger partial charge in [-0.2, -0.15) is 13.2 Å². The van der Waals surface area contributed by atoms with Gasteiger partial charge in [-0.25, -0.2) is 4.98 Å². The average molecular weight is 427 g/mol. The van der Waals surface area contributed by atoms with Crippen LogP contribution in [0.15, 0.2) is 47.6 Å². The standard InChI is InChI=1S/C18H14ClF3N4OS/c1-10-2-4-11(5-3-10)16-24-17(26-25-16)28-9-15(27)23-14-7-6-12(19)8-13(14)18(20,21)22/h2-8H,9H2,1H3,(H,23,27)(H,24,25,26). The molecule has 0 aliphatic heterocycles. The number of halogens is 4. The lowest BCUT2D eigenvalue weighted by Crippen LogP contribution is -2.18. The first-order valence-electron chi connectivity index (χ1n) is 8.01. The van der Waals surface area contributed by atoms with E-state index in [9.17, 15) is 18.0 Å². The maximum Gasteiger partial charge on any atom is 0.418 e. The van der Waals surface area contributed by atoms with Crippen LogP contribution in [-0.4, -0.2) is 26.8 Å². The molecule has 1 aromatic heterocycles. The number of thioether (sulfide) groups is 1. The fourth-order valence-electron chi connectivity index (χ4n) is 2.33. The zero-order valence-corrected chi connectivity index (χ0v) is 16.0. The van der Waals surface area contributed by atoms with Gasteiger partial charge in [-0.05, 0) is 25.1 Å². The van der Waals surface area contributed by atoms with Crippen molar-refractivity contribution in [2.24, 2.45) is 0 Å². The normalized spacial score (nSPS) is 11.5. The molecule has 0 aliphatic rings. The molecule has 2 aromatic carbocycles. The minimum atomic E-state index is -4.63. The van der Waals surface area contributed by atoms with Gasteiger partial charge in [0, 0.05) is 10.6 Å². The van der Waals surface area contributed by atoms with Gasteiger partial charge in [-0.1, -0.05) is 53.2 Å². The number of rotatable bonds is 5. The van der Waals surface area contributed by atoms with Crippen molar-refractivity contribution in [2.75, 3.05) is 11.1 Å². The van der Waals surface area contributed by atoms with E-state index < -0.39 is 17.6 Å². The number of hydrogen-bond acceptors (Lipinski definition) is 4. The predicted octanol–water partition coefficient (Wildman–Crippen LogP) is 5.18. The van der Waals surface area contributed by atoms with E-state index in [1.54, 1.807) is 0 Å². The van der Waals surface area contributed by atoms with E-state index in [0.717, 1.165) is 35.0 Å². The number of amides is 1.